The maximum Gasteiger partial charge on any atom is 0.336 e. The monoisotopic (exact) mass is 415 g/mol. The van der Waals surface area contributed by atoms with Crippen LogP contribution in [0.25, 0.3) is 11.0 Å². The second-order valence-corrected chi connectivity index (χ2v) is 8.54. The fraction of sp³-hybridized carbons (Fsp3) is 0.238. The van der Waals surface area contributed by atoms with Crippen molar-refractivity contribution in [1.82, 2.24) is 4.72 Å². The minimum atomic E-state index is -3.82. The van der Waals surface area contributed by atoms with Gasteiger partial charge in [-0.1, -0.05) is 29.8 Å². The van der Waals surface area contributed by atoms with Gasteiger partial charge < -0.3 is 9.15 Å². The van der Waals surface area contributed by atoms with E-state index in [2.05, 4.69) is 4.72 Å². The first-order valence-corrected chi connectivity index (χ1v) is 10.4. The number of carbonyl (C=O) groups excluding carboxylic acids is 1. The summed E-state index contributed by atoms with van der Waals surface area (Å²) >= 11 is 0. The Bertz CT molecular complexity index is 1230. The van der Waals surface area contributed by atoms with Crippen LogP contribution < -0.4 is 10.3 Å². The van der Waals surface area contributed by atoms with E-state index in [1.54, 1.807) is 18.2 Å². The zero-order chi connectivity index (χ0) is 21.2. The first-order chi connectivity index (χ1) is 13.7. The summed E-state index contributed by atoms with van der Waals surface area (Å²) in [6, 6.07) is 11.2. The fourth-order valence-corrected chi connectivity index (χ4v) is 3.78. The Morgan fingerprint density at radius 1 is 1.07 bits per heavy atom. The average Bonchev–Trinajstić information content (AvgIpc) is 2.68. The van der Waals surface area contributed by atoms with Crippen molar-refractivity contribution >= 4 is 27.0 Å². The summed E-state index contributed by atoms with van der Waals surface area (Å²) in [5.41, 5.74) is 3.13. The lowest BCUT2D eigenvalue weighted by molar-refractivity contribution is -0.143. The van der Waals surface area contributed by atoms with Crippen molar-refractivity contribution in [1.29, 1.82) is 0 Å². The molecular weight excluding hydrogens is 394 g/mol. The highest BCUT2D eigenvalue weighted by Crippen LogP contribution is 2.23. The lowest BCUT2D eigenvalue weighted by Gasteiger charge is -2.10. The Morgan fingerprint density at radius 2 is 1.76 bits per heavy atom. The van der Waals surface area contributed by atoms with E-state index in [4.69, 9.17) is 9.15 Å². The van der Waals surface area contributed by atoms with Gasteiger partial charge in [-0.2, -0.15) is 4.72 Å². The molecular formula is C21H21NO6S. The summed E-state index contributed by atoms with van der Waals surface area (Å²) in [5.74, 6) is -0.758. The number of aryl methyl sites for hydroxylation is 3. The molecule has 0 atom stereocenters. The van der Waals surface area contributed by atoms with E-state index in [0.29, 0.717) is 16.5 Å². The van der Waals surface area contributed by atoms with Crippen LogP contribution in [-0.4, -0.2) is 20.9 Å². The lowest BCUT2D eigenvalue weighted by atomic mass is 10.0. The average molecular weight is 415 g/mol. The van der Waals surface area contributed by atoms with Crippen LogP contribution in [0.1, 0.15) is 22.3 Å². The number of rotatable bonds is 6. The largest absolute Gasteiger partial charge is 0.460 e. The van der Waals surface area contributed by atoms with Crippen molar-refractivity contribution < 1.29 is 22.4 Å². The van der Waals surface area contributed by atoms with Crippen molar-refractivity contribution in [2.45, 2.75) is 32.3 Å². The standard InChI is InChI=1S/C21H21NO6S/c1-13-4-7-17(8-5-13)29(25,26)22-11-20(24)27-12-16-10-19(23)28-21-15(3)14(2)6-9-18(16)21/h4-10,22H,11-12H2,1-3H3. The van der Waals surface area contributed by atoms with Crippen molar-refractivity contribution in [2.75, 3.05) is 6.54 Å². The molecule has 3 rings (SSSR count). The van der Waals surface area contributed by atoms with Crippen molar-refractivity contribution in [2.24, 2.45) is 0 Å². The Balaban J connectivity index is 1.69. The molecule has 0 amide bonds. The van der Waals surface area contributed by atoms with Gasteiger partial charge in [-0.3, -0.25) is 4.79 Å². The molecule has 1 N–H and O–H groups in total. The van der Waals surface area contributed by atoms with Crippen molar-refractivity contribution in [3.8, 4) is 0 Å². The number of carbonyl (C=O) groups is 1. The Morgan fingerprint density at radius 3 is 2.45 bits per heavy atom. The first kappa shape index (κ1) is 20.8. The number of hydrogen-bond donors (Lipinski definition) is 1. The number of benzene rings is 2. The minimum Gasteiger partial charge on any atom is -0.460 e. The summed E-state index contributed by atoms with van der Waals surface area (Å²) in [4.78, 5) is 24.0. The number of ether oxygens (including phenoxy) is 1. The molecule has 29 heavy (non-hydrogen) atoms. The van der Waals surface area contributed by atoms with E-state index in [1.165, 1.54) is 18.2 Å². The number of esters is 1. The van der Waals surface area contributed by atoms with E-state index in [1.807, 2.05) is 26.8 Å². The summed E-state index contributed by atoms with van der Waals surface area (Å²) in [5, 5.41) is 0.667. The normalized spacial score (nSPS) is 11.6. The molecule has 152 valence electrons. The van der Waals surface area contributed by atoms with Crippen molar-refractivity contribution in [3.05, 3.63) is 75.1 Å². The third-order valence-corrected chi connectivity index (χ3v) is 6.06. The SMILES string of the molecule is Cc1ccc(S(=O)(=O)NCC(=O)OCc2cc(=O)oc3c(C)c(C)ccc23)cc1. The number of hydrogen-bond acceptors (Lipinski definition) is 6. The molecule has 0 saturated heterocycles. The number of nitrogens with one attached hydrogen (secondary N) is 1. The molecule has 1 heterocycles. The molecule has 0 spiro atoms. The van der Waals surface area contributed by atoms with Crippen LogP contribution in [-0.2, 0) is 26.2 Å². The molecule has 2 aromatic carbocycles. The minimum absolute atomic E-state index is 0.0633. The van der Waals surface area contributed by atoms with Crippen molar-refractivity contribution in [3.63, 3.8) is 0 Å². The highest BCUT2D eigenvalue weighted by atomic mass is 32.2. The topological polar surface area (TPSA) is 103 Å². The van der Waals surface area contributed by atoms with Crippen LogP contribution in [0.3, 0.4) is 0 Å². The second-order valence-electron chi connectivity index (χ2n) is 6.77. The summed E-state index contributed by atoms with van der Waals surface area (Å²) in [6.45, 7) is 4.90. The molecule has 0 aliphatic carbocycles. The van der Waals surface area contributed by atoms with Crippen LogP contribution in [0.2, 0.25) is 0 Å². The van der Waals surface area contributed by atoms with Gasteiger partial charge in [-0.05, 0) is 44.0 Å². The molecule has 3 aromatic rings. The van der Waals surface area contributed by atoms with Gasteiger partial charge in [0.2, 0.25) is 10.0 Å². The van der Waals surface area contributed by atoms with E-state index < -0.39 is 28.2 Å². The third kappa shape index (κ3) is 4.72. The van der Waals surface area contributed by atoms with Crippen LogP contribution in [0.15, 0.2) is 56.6 Å². The Kier molecular flexibility index (Phi) is 5.86. The predicted molar refractivity (Wildman–Crippen MR) is 108 cm³/mol. The van der Waals surface area contributed by atoms with E-state index >= 15 is 0 Å². The molecule has 1 aromatic heterocycles. The lowest BCUT2D eigenvalue weighted by Crippen LogP contribution is -2.30. The highest BCUT2D eigenvalue weighted by molar-refractivity contribution is 7.89. The fourth-order valence-electron chi connectivity index (χ4n) is 2.81. The summed E-state index contributed by atoms with van der Waals surface area (Å²) in [6.07, 6.45) is 0. The predicted octanol–water partition coefficient (Wildman–Crippen LogP) is 2.74. The maximum atomic E-state index is 12.2. The van der Waals surface area contributed by atoms with Gasteiger partial charge >= 0.3 is 11.6 Å². The smallest absolute Gasteiger partial charge is 0.336 e. The van der Waals surface area contributed by atoms with Gasteiger partial charge in [0.15, 0.2) is 0 Å². The third-order valence-electron chi connectivity index (χ3n) is 4.64. The molecule has 7 nitrogen and oxygen atoms in total. The van der Waals surface area contributed by atoms with Gasteiger partial charge in [-0.15, -0.1) is 0 Å². The zero-order valence-corrected chi connectivity index (χ0v) is 17.1. The molecule has 0 unspecified atom stereocenters. The first-order valence-electron chi connectivity index (χ1n) is 8.92. The van der Waals surface area contributed by atoms with Gasteiger partial charge in [-0.25, -0.2) is 13.2 Å². The van der Waals surface area contributed by atoms with Gasteiger partial charge in [0, 0.05) is 17.0 Å². The van der Waals surface area contributed by atoms with E-state index in [9.17, 15) is 18.0 Å². The zero-order valence-electron chi connectivity index (χ0n) is 16.3. The molecule has 0 aliphatic rings. The number of fused-ring (bicyclic) bond motifs is 1. The summed E-state index contributed by atoms with van der Waals surface area (Å²) < 4.78 is 37.1. The van der Waals surface area contributed by atoms with Crippen LogP contribution in [0.5, 0.6) is 0 Å². The summed E-state index contributed by atoms with van der Waals surface area (Å²) in [7, 11) is -3.82. The second kappa shape index (κ2) is 8.18. The Labute approximate surface area is 168 Å². The molecule has 0 saturated carbocycles. The molecule has 8 heteroatoms. The molecule has 0 bridgehead atoms. The van der Waals surface area contributed by atoms with Crippen LogP contribution >= 0.6 is 0 Å². The van der Waals surface area contributed by atoms with E-state index in [0.717, 1.165) is 16.7 Å². The quantitative estimate of drug-likeness (QED) is 0.491. The van der Waals surface area contributed by atoms with E-state index in [-0.39, 0.29) is 11.5 Å². The van der Waals surface area contributed by atoms with Crippen LogP contribution in [0, 0.1) is 20.8 Å². The highest BCUT2D eigenvalue weighted by Gasteiger charge is 2.17. The molecule has 0 aliphatic heterocycles. The van der Waals surface area contributed by atoms with Gasteiger partial charge in [0.1, 0.15) is 18.7 Å². The number of sulfonamides is 1. The molecule has 0 radical (unpaired) electrons. The van der Waals surface area contributed by atoms with Gasteiger partial charge in [0.25, 0.3) is 0 Å². The van der Waals surface area contributed by atoms with Gasteiger partial charge in [0.05, 0.1) is 4.90 Å². The van der Waals surface area contributed by atoms with Crippen LogP contribution in [0.4, 0.5) is 0 Å². The molecule has 0 fully saturated rings. The maximum absolute atomic E-state index is 12.2. The Hall–Kier alpha value is -2.97.